The van der Waals surface area contributed by atoms with Crippen molar-refractivity contribution in [3.8, 4) is 0 Å². The molecule has 11 heteroatoms. The van der Waals surface area contributed by atoms with Gasteiger partial charge >= 0.3 is 17.9 Å². The molecule has 0 saturated carbocycles. The predicted octanol–water partition coefficient (Wildman–Crippen LogP) is 2.33. The van der Waals surface area contributed by atoms with E-state index >= 15 is 0 Å². The van der Waals surface area contributed by atoms with Crippen molar-refractivity contribution in [2.24, 2.45) is 0 Å². The highest BCUT2D eigenvalue weighted by Crippen LogP contribution is 2.34. The molecule has 0 unspecified atom stereocenters. The van der Waals surface area contributed by atoms with Crippen molar-refractivity contribution in [3.05, 3.63) is 34.0 Å². The average Bonchev–Trinajstić information content (AvgIpc) is 3.28. The Balaban J connectivity index is 2.35. The summed E-state index contributed by atoms with van der Waals surface area (Å²) in [7, 11) is 1.22. The number of nitrogens with one attached hydrogen (secondary N) is 1. The Morgan fingerprint density at radius 1 is 1.28 bits per heavy atom. The summed E-state index contributed by atoms with van der Waals surface area (Å²) in [5.74, 6) is -2.92. The standard InChI is InChI=1S/C18H21N3O7S/c1-4-9-28-17(25)13-10(2)14(18(26)27-3)29-16(13)20-15(24)11-5-7-19-21(11)8-6-12(22)23/h5,7H,4,6,8-9H2,1-3H3,(H,20,24)(H,22,23). The molecule has 2 rings (SSSR count). The molecule has 0 fully saturated rings. The third-order valence-corrected chi connectivity index (χ3v) is 5.06. The van der Waals surface area contributed by atoms with Crippen molar-refractivity contribution >= 4 is 40.2 Å². The summed E-state index contributed by atoms with van der Waals surface area (Å²) >= 11 is 0.899. The van der Waals surface area contributed by atoms with Crippen molar-refractivity contribution in [2.75, 3.05) is 19.0 Å². The number of methoxy groups -OCH3 is 1. The van der Waals surface area contributed by atoms with Crippen LogP contribution in [0.4, 0.5) is 5.00 Å². The molecule has 29 heavy (non-hydrogen) atoms. The minimum atomic E-state index is -1.02. The van der Waals surface area contributed by atoms with Crippen LogP contribution in [-0.2, 0) is 20.8 Å². The Kier molecular flexibility index (Phi) is 7.48. The van der Waals surface area contributed by atoms with Gasteiger partial charge in [0.1, 0.15) is 15.6 Å². The summed E-state index contributed by atoms with van der Waals surface area (Å²) < 4.78 is 11.2. The summed E-state index contributed by atoms with van der Waals surface area (Å²) in [6, 6.07) is 1.42. The van der Waals surface area contributed by atoms with Gasteiger partial charge in [0.25, 0.3) is 5.91 Å². The lowest BCUT2D eigenvalue weighted by atomic mass is 10.1. The van der Waals surface area contributed by atoms with Crippen LogP contribution in [-0.4, -0.2) is 52.4 Å². The van der Waals surface area contributed by atoms with E-state index in [-0.39, 0.29) is 40.7 Å². The molecule has 2 aromatic rings. The fourth-order valence-corrected chi connectivity index (χ4v) is 3.58. The maximum atomic E-state index is 12.7. The third kappa shape index (κ3) is 5.19. The normalized spacial score (nSPS) is 10.4. The highest BCUT2D eigenvalue weighted by atomic mass is 32.1. The van der Waals surface area contributed by atoms with Crippen LogP contribution in [0.3, 0.4) is 0 Å². The number of anilines is 1. The van der Waals surface area contributed by atoms with Gasteiger partial charge in [-0.15, -0.1) is 11.3 Å². The van der Waals surface area contributed by atoms with Crippen molar-refractivity contribution in [2.45, 2.75) is 33.2 Å². The van der Waals surface area contributed by atoms with Crippen LogP contribution in [0.25, 0.3) is 0 Å². The Morgan fingerprint density at radius 3 is 2.62 bits per heavy atom. The molecule has 0 aromatic carbocycles. The Bertz CT molecular complexity index is 932. The summed E-state index contributed by atoms with van der Waals surface area (Å²) in [6.45, 7) is 3.61. The first kappa shape index (κ1) is 22.1. The van der Waals surface area contributed by atoms with Crippen LogP contribution in [0, 0.1) is 6.92 Å². The zero-order valence-electron chi connectivity index (χ0n) is 16.2. The van der Waals surface area contributed by atoms with E-state index in [1.807, 2.05) is 6.92 Å². The molecule has 2 heterocycles. The summed E-state index contributed by atoms with van der Waals surface area (Å²) in [4.78, 5) is 48.1. The van der Waals surface area contributed by atoms with Crippen LogP contribution < -0.4 is 5.32 Å². The Hall–Kier alpha value is -3.21. The first-order valence-corrected chi connectivity index (χ1v) is 9.55. The maximum absolute atomic E-state index is 12.7. The number of thiophene rings is 1. The number of aromatic nitrogens is 2. The van der Waals surface area contributed by atoms with Crippen LogP contribution in [0.15, 0.2) is 12.3 Å². The third-order valence-electron chi connectivity index (χ3n) is 3.87. The number of hydrogen-bond acceptors (Lipinski definition) is 8. The van der Waals surface area contributed by atoms with Gasteiger partial charge in [-0.2, -0.15) is 5.10 Å². The number of rotatable bonds is 9. The first-order chi connectivity index (χ1) is 13.8. The number of carboxylic acid groups (broad SMARTS) is 1. The number of carboxylic acids is 1. The van der Waals surface area contributed by atoms with Gasteiger partial charge in [-0.3, -0.25) is 14.3 Å². The lowest BCUT2D eigenvalue weighted by molar-refractivity contribution is -0.137. The van der Waals surface area contributed by atoms with E-state index < -0.39 is 23.8 Å². The van der Waals surface area contributed by atoms with Crippen LogP contribution in [0.1, 0.15) is 55.8 Å². The summed E-state index contributed by atoms with van der Waals surface area (Å²) in [5.41, 5.74) is 0.538. The number of ether oxygens (including phenoxy) is 2. The maximum Gasteiger partial charge on any atom is 0.348 e. The minimum Gasteiger partial charge on any atom is -0.481 e. The van der Waals surface area contributed by atoms with E-state index in [0.29, 0.717) is 12.0 Å². The van der Waals surface area contributed by atoms with Crippen molar-refractivity contribution in [1.29, 1.82) is 0 Å². The van der Waals surface area contributed by atoms with Gasteiger partial charge in [-0.1, -0.05) is 6.92 Å². The number of aryl methyl sites for hydroxylation is 1. The fraction of sp³-hybridized carbons (Fsp3) is 0.389. The smallest absolute Gasteiger partial charge is 0.348 e. The van der Waals surface area contributed by atoms with Crippen LogP contribution >= 0.6 is 11.3 Å². The molecule has 0 aliphatic rings. The molecule has 0 atom stereocenters. The second kappa shape index (κ2) is 9.82. The van der Waals surface area contributed by atoms with E-state index in [9.17, 15) is 19.2 Å². The van der Waals surface area contributed by atoms with Gasteiger partial charge in [-0.25, -0.2) is 9.59 Å². The van der Waals surface area contributed by atoms with Crippen molar-refractivity contribution < 1.29 is 33.8 Å². The Labute approximate surface area is 170 Å². The lowest BCUT2D eigenvalue weighted by Gasteiger charge is -2.09. The molecule has 0 aliphatic carbocycles. The summed E-state index contributed by atoms with van der Waals surface area (Å²) in [6.07, 6.45) is 1.77. The van der Waals surface area contributed by atoms with Gasteiger partial charge in [0, 0.05) is 6.20 Å². The lowest BCUT2D eigenvalue weighted by Crippen LogP contribution is -2.20. The fourth-order valence-electron chi connectivity index (χ4n) is 2.47. The summed E-state index contributed by atoms with van der Waals surface area (Å²) in [5, 5.41) is 15.5. The van der Waals surface area contributed by atoms with Crippen molar-refractivity contribution in [3.63, 3.8) is 0 Å². The zero-order valence-corrected chi connectivity index (χ0v) is 17.0. The molecule has 10 nitrogen and oxygen atoms in total. The molecule has 1 amide bonds. The molecule has 0 saturated heterocycles. The zero-order chi connectivity index (χ0) is 21.6. The van der Waals surface area contributed by atoms with E-state index in [1.54, 1.807) is 6.92 Å². The van der Waals surface area contributed by atoms with E-state index in [0.717, 1.165) is 11.3 Å². The number of aliphatic carboxylic acids is 1. The highest BCUT2D eigenvalue weighted by Gasteiger charge is 2.28. The van der Waals surface area contributed by atoms with Crippen LogP contribution in [0.5, 0.6) is 0 Å². The molecule has 0 aliphatic heterocycles. The SMILES string of the molecule is CCCOC(=O)c1c(NC(=O)c2ccnn2CCC(=O)O)sc(C(=O)OC)c1C. The topological polar surface area (TPSA) is 137 Å². The van der Waals surface area contributed by atoms with E-state index in [1.165, 1.54) is 24.1 Å². The number of amides is 1. The second-order valence-electron chi connectivity index (χ2n) is 5.93. The molecule has 2 aromatic heterocycles. The average molecular weight is 423 g/mol. The molecule has 2 N–H and O–H groups in total. The van der Waals surface area contributed by atoms with E-state index in [4.69, 9.17) is 14.6 Å². The van der Waals surface area contributed by atoms with Gasteiger partial charge in [0.05, 0.1) is 32.2 Å². The Morgan fingerprint density at radius 2 is 2.00 bits per heavy atom. The number of carbonyl (C=O) groups excluding carboxylic acids is 3. The molecule has 0 bridgehead atoms. The number of carbonyl (C=O) groups is 4. The number of hydrogen-bond donors (Lipinski definition) is 2. The quantitative estimate of drug-likeness (QED) is 0.586. The van der Waals surface area contributed by atoms with E-state index in [2.05, 4.69) is 10.4 Å². The van der Waals surface area contributed by atoms with Gasteiger partial charge in [0.15, 0.2) is 0 Å². The monoisotopic (exact) mass is 423 g/mol. The molecule has 0 radical (unpaired) electrons. The van der Waals surface area contributed by atoms with Gasteiger partial charge < -0.3 is 19.9 Å². The minimum absolute atomic E-state index is 0.00731. The predicted molar refractivity (Wildman–Crippen MR) is 103 cm³/mol. The first-order valence-electron chi connectivity index (χ1n) is 8.73. The molecule has 0 spiro atoms. The van der Waals surface area contributed by atoms with Gasteiger partial charge in [-0.05, 0) is 25.0 Å². The molecular formula is C18H21N3O7S. The van der Waals surface area contributed by atoms with Crippen molar-refractivity contribution in [1.82, 2.24) is 9.78 Å². The number of nitrogens with zero attached hydrogens (tertiary/aromatic N) is 2. The highest BCUT2D eigenvalue weighted by molar-refractivity contribution is 7.18. The molecular weight excluding hydrogens is 402 g/mol. The van der Waals surface area contributed by atoms with Crippen LogP contribution in [0.2, 0.25) is 0 Å². The largest absolute Gasteiger partial charge is 0.481 e. The van der Waals surface area contributed by atoms with Gasteiger partial charge in [0.2, 0.25) is 0 Å². The molecule has 156 valence electrons. The second-order valence-corrected chi connectivity index (χ2v) is 6.95. The number of esters is 2.